The molecule has 0 aromatic heterocycles. The van der Waals surface area contributed by atoms with E-state index in [0.29, 0.717) is 34.2 Å². The molecule has 3 aromatic rings. The second kappa shape index (κ2) is 9.32. The van der Waals surface area contributed by atoms with Crippen LogP contribution in [0.2, 0.25) is 0 Å². The van der Waals surface area contributed by atoms with E-state index in [9.17, 15) is 14.0 Å². The SMILES string of the molecule is COc1cc(OC)cc(C(=O)Nc2ccc(C3SCC(=O)N3c3cccc(F)c3)cc2)c1. The number of carbonyl (C=O) groups excluding carboxylic acids is 2. The van der Waals surface area contributed by atoms with Gasteiger partial charge in [-0.1, -0.05) is 18.2 Å². The molecule has 0 bridgehead atoms. The fourth-order valence-electron chi connectivity index (χ4n) is 3.45. The monoisotopic (exact) mass is 452 g/mol. The minimum Gasteiger partial charge on any atom is -0.497 e. The lowest BCUT2D eigenvalue weighted by Gasteiger charge is -2.24. The number of thioether (sulfide) groups is 1. The van der Waals surface area contributed by atoms with Gasteiger partial charge in [-0.25, -0.2) is 4.39 Å². The number of halogens is 1. The zero-order valence-corrected chi connectivity index (χ0v) is 18.3. The first-order chi connectivity index (χ1) is 15.5. The molecule has 3 aromatic carbocycles. The van der Waals surface area contributed by atoms with E-state index in [4.69, 9.17) is 9.47 Å². The Morgan fingerprint density at radius 2 is 1.72 bits per heavy atom. The van der Waals surface area contributed by atoms with Crippen LogP contribution in [0.5, 0.6) is 11.5 Å². The van der Waals surface area contributed by atoms with E-state index in [1.165, 1.54) is 38.1 Å². The fourth-order valence-corrected chi connectivity index (χ4v) is 4.63. The Bertz CT molecular complexity index is 1130. The summed E-state index contributed by atoms with van der Waals surface area (Å²) in [6.07, 6.45) is 0. The van der Waals surface area contributed by atoms with Crippen LogP contribution in [0.25, 0.3) is 0 Å². The van der Waals surface area contributed by atoms with Crippen molar-refractivity contribution in [3.05, 3.63) is 83.7 Å². The Morgan fingerprint density at radius 3 is 2.34 bits per heavy atom. The van der Waals surface area contributed by atoms with Crippen molar-refractivity contribution in [2.45, 2.75) is 5.37 Å². The molecule has 6 nitrogen and oxygen atoms in total. The number of rotatable bonds is 6. The van der Waals surface area contributed by atoms with Gasteiger partial charge >= 0.3 is 0 Å². The topological polar surface area (TPSA) is 67.9 Å². The number of amides is 2. The summed E-state index contributed by atoms with van der Waals surface area (Å²) in [6, 6.07) is 18.2. The van der Waals surface area contributed by atoms with E-state index in [2.05, 4.69) is 5.32 Å². The average Bonchev–Trinajstić information content (AvgIpc) is 3.20. The Hall–Kier alpha value is -3.52. The molecule has 1 fully saturated rings. The highest BCUT2D eigenvalue weighted by Crippen LogP contribution is 2.42. The highest BCUT2D eigenvalue weighted by molar-refractivity contribution is 8.00. The summed E-state index contributed by atoms with van der Waals surface area (Å²) >= 11 is 1.48. The number of hydrogen-bond donors (Lipinski definition) is 1. The molecule has 2 amide bonds. The number of nitrogens with zero attached hydrogens (tertiary/aromatic N) is 1. The van der Waals surface area contributed by atoms with Crippen LogP contribution in [0.4, 0.5) is 15.8 Å². The summed E-state index contributed by atoms with van der Waals surface area (Å²) in [4.78, 5) is 26.7. The van der Waals surface area contributed by atoms with Crippen LogP contribution in [0, 0.1) is 5.82 Å². The van der Waals surface area contributed by atoms with Gasteiger partial charge < -0.3 is 14.8 Å². The van der Waals surface area contributed by atoms with E-state index in [0.717, 1.165) is 5.56 Å². The third kappa shape index (κ3) is 4.55. The molecule has 1 saturated heterocycles. The van der Waals surface area contributed by atoms with Crippen LogP contribution in [0.1, 0.15) is 21.3 Å². The average molecular weight is 453 g/mol. The van der Waals surface area contributed by atoms with Crippen molar-refractivity contribution in [1.29, 1.82) is 0 Å². The van der Waals surface area contributed by atoms with Crippen LogP contribution >= 0.6 is 11.8 Å². The first-order valence-corrected chi connectivity index (χ1v) is 10.9. The molecule has 0 aliphatic carbocycles. The molecule has 0 spiro atoms. The maximum atomic E-state index is 13.7. The number of benzene rings is 3. The van der Waals surface area contributed by atoms with Gasteiger partial charge in [0, 0.05) is 23.0 Å². The van der Waals surface area contributed by atoms with Crippen molar-refractivity contribution in [3.8, 4) is 11.5 Å². The highest BCUT2D eigenvalue weighted by Gasteiger charge is 2.34. The van der Waals surface area contributed by atoms with Crippen LogP contribution in [-0.2, 0) is 4.79 Å². The summed E-state index contributed by atoms with van der Waals surface area (Å²) in [5.41, 5.74) is 2.41. The van der Waals surface area contributed by atoms with Crippen molar-refractivity contribution in [2.75, 3.05) is 30.2 Å². The van der Waals surface area contributed by atoms with Gasteiger partial charge in [0.1, 0.15) is 22.7 Å². The molecule has 1 atom stereocenters. The molecule has 8 heteroatoms. The number of anilines is 2. The molecule has 164 valence electrons. The predicted octanol–water partition coefficient (Wildman–Crippen LogP) is 4.87. The minimum atomic E-state index is -0.391. The minimum absolute atomic E-state index is 0.0741. The van der Waals surface area contributed by atoms with Crippen LogP contribution in [0.15, 0.2) is 66.7 Å². The summed E-state index contributed by atoms with van der Waals surface area (Å²) in [5.74, 6) is 0.586. The lowest BCUT2D eigenvalue weighted by molar-refractivity contribution is -0.115. The zero-order valence-electron chi connectivity index (χ0n) is 17.5. The first kappa shape index (κ1) is 21.7. The third-order valence-corrected chi connectivity index (χ3v) is 6.23. The van der Waals surface area contributed by atoms with Gasteiger partial charge in [0.25, 0.3) is 5.91 Å². The van der Waals surface area contributed by atoms with Crippen molar-refractivity contribution in [3.63, 3.8) is 0 Å². The van der Waals surface area contributed by atoms with Crippen molar-refractivity contribution >= 4 is 35.0 Å². The standard InChI is InChI=1S/C24H21FN2O4S/c1-30-20-10-16(11-21(13-20)31-2)23(29)26-18-8-6-15(7-9-18)24-27(22(28)14-32-24)19-5-3-4-17(25)12-19/h3-13,24H,14H2,1-2H3,(H,26,29). The van der Waals surface area contributed by atoms with Gasteiger partial charge in [0.15, 0.2) is 0 Å². The normalized spacial score (nSPS) is 15.5. The Morgan fingerprint density at radius 1 is 1.03 bits per heavy atom. The quantitative estimate of drug-likeness (QED) is 0.578. The molecular weight excluding hydrogens is 431 g/mol. The summed E-state index contributed by atoms with van der Waals surface area (Å²) in [5, 5.41) is 2.58. The van der Waals surface area contributed by atoms with E-state index in [1.54, 1.807) is 47.4 Å². The maximum Gasteiger partial charge on any atom is 0.255 e. The Labute approximate surface area is 189 Å². The lowest BCUT2D eigenvalue weighted by atomic mass is 10.1. The second-order valence-corrected chi connectivity index (χ2v) is 8.15. The van der Waals surface area contributed by atoms with E-state index in [-0.39, 0.29) is 17.2 Å². The maximum absolute atomic E-state index is 13.7. The molecule has 4 rings (SSSR count). The van der Waals surface area contributed by atoms with E-state index in [1.807, 2.05) is 12.1 Å². The summed E-state index contributed by atoms with van der Waals surface area (Å²) < 4.78 is 24.1. The van der Waals surface area contributed by atoms with Crippen LogP contribution in [0.3, 0.4) is 0 Å². The van der Waals surface area contributed by atoms with Crippen molar-refractivity contribution in [2.24, 2.45) is 0 Å². The van der Waals surface area contributed by atoms with Crippen molar-refractivity contribution in [1.82, 2.24) is 0 Å². The fraction of sp³-hybridized carbons (Fsp3) is 0.167. The summed E-state index contributed by atoms with van der Waals surface area (Å²) in [7, 11) is 3.04. The first-order valence-electron chi connectivity index (χ1n) is 9.82. The molecule has 0 saturated carbocycles. The predicted molar refractivity (Wildman–Crippen MR) is 123 cm³/mol. The number of ether oxygens (including phenoxy) is 2. The molecule has 1 aliphatic rings. The van der Waals surface area contributed by atoms with Gasteiger partial charge in [0.05, 0.1) is 20.0 Å². The van der Waals surface area contributed by atoms with Gasteiger partial charge in [-0.15, -0.1) is 11.8 Å². The molecular formula is C24H21FN2O4S. The Kier molecular flexibility index (Phi) is 6.32. The largest absolute Gasteiger partial charge is 0.497 e. The number of carbonyl (C=O) groups is 2. The highest BCUT2D eigenvalue weighted by atomic mass is 32.2. The summed E-state index contributed by atoms with van der Waals surface area (Å²) in [6.45, 7) is 0. The van der Waals surface area contributed by atoms with Gasteiger partial charge in [0.2, 0.25) is 5.91 Å². The Balaban J connectivity index is 1.52. The van der Waals surface area contributed by atoms with Gasteiger partial charge in [-0.2, -0.15) is 0 Å². The smallest absolute Gasteiger partial charge is 0.255 e. The lowest BCUT2D eigenvalue weighted by Crippen LogP contribution is -2.27. The van der Waals surface area contributed by atoms with Gasteiger partial charge in [-0.05, 0) is 48.0 Å². The van der Waals surface area contributed by atoms with Crippen LogP contribution in [-0.4, -0.2) is 31.8 Å². The van der Waals surface area contributed by atoms with Crippen LogP contribution < -0.4 is 19.7 Å². The zero-order chi connectivity index (χ0) is 22.7. The molecule has 0 radical (unpaired) electrons. The van der Waals surface area contributed by atoms with Gasteiger partial charge in [-0.3, -0.25) is 14.5 Å². The third-order valence-electron chi connectivity index (χ3n) is 5.02. The number of methoxy groups -OCH3 is 2. The van der Waals surface area contributed by atoms with Crippen molar-refractivity contribution < 1.29 is 23.5 Å². The molecule has 32 heavy (non-hydrogen) atoms. The molecule has 1 heterocycles. The second-order valence-electron chi connectivity index (χ2n) is 7.08. The van der Waals surface area contributed by atoms with E-state index < -0.39 is 5.82 Å². The van der Waals surface area contributed by atoms with E-state index >= 15 is 0 Å². The number of hydrogen-bond acceptors (Lipinski definition) is 5. The molecule has 1 unspecified atom stereocenters. The molecule has 1 N–H and O–H groups in total. The molecule has 1 aliphatic heterocycles. The number of nitrogens with one attached hydrogen (secondary N) is 1.